The normalized spacial score (nSPS) is 18.6. The molecule has 0 saturated carbocycles. The van der Waals surface area contributed by atoms with Crippen LogP contribution in [0.1, 0.15) is 47.6 Å². The molecule has 1 fully saturated rings. The number of hydrogen-bond acceptors (Lipinski definition) is 5. The van der Waals surface area contributed by atoms with Gasteiger partial charge in [-0.25, -0.2) is 0 Å². The summed E-state index contributed by atoms with van der Waals surface area (Å²) in [4.78, 5) is 16.9. The van der Waals surface area contributed by atoms with Gasteiger partial charge >= 0.3 is 0 Å². The van der Waals surface area contributed by atoms with Crippen LogP contribution in [0.25, 0.3) is 0 Å². The van der Waals surface area contributed by atoms with E-state index in [9.17, 15) is 4.79 Å². The average Bonchev–Trinajstić information content (AvgIpc) is 3.12. The highest BCUT2D eigenvalue weighted by atomic mass is 16.5. The summed E-state index contributed by atoms with van der Waals surface area (Å²) in [5.41, 5.74) is 1.89. The van der Waals surface area contributed by atoms with Crippen LogP contribution in [0.15, 0.2) is 34.9 Å². The van der Waals surface area contributed by atoms with Gasteiger partial charge in [0.1, 0.15) is 5.75 Å². The number of carbonyl (C=O) groups excluding carboxylic acids is 1. The summed E-state index contributed by atoms with van der Waals surface area (Å²) in [6, 6.07) is 9.80. The van der Waals surface area contributed by atoms with Crippen LogP contribution < -0.4 is 4.74 Å². The molecule has 1 aliphatic heterocycles. The monoisotopic (exact) mass is 343 g/mol. The maximum absolute atomic E-state index is 12.8. The topological polar surface area (TPSA) is 58.8 Å². The van der Waals surface area contributed by atoms with Crippen molar-refractivity contribution in [2.45, 2.75) is 25.8 Å². The molecule has 6 nitrogen and oxygen atoms in total. The Kier molecular flexibility index (Phi) is 5.08. The highest BCUT2D eigenvalue weighted by molar-refractivity contribution is 5.91. The molecule has 3 rings (SSSR count). The van der Waals surface area contributed by atoms with Gasteiger partial charge in [0.25, 0.3) is 5.91 Å². The van der Waals surface area contributed by atoms with E-state index in [0.717, 1.165) is 23.6 Å². The van der Waals surface area contributed by atoms with Gasteiger partial charge in [0.05, 0.1) is 18.8 Å². The summed E-state index contributed by atoms with van der Waals surface area (Å²) < 4.78 is 10.8. The Morgan fingerprint density at radius 2 is 2.08 bits per heavy atom. The lowest BCUT2D eigenvalue weighted by Crippen LogP contribution is -2.49. The first-order chi connectivity index (χ1) is 12.0. The molecule has 2 heterocycles. The van der Waals surface area contributed by atoms with Gasteiger partial charge in [0, 0.05) is 31.3 Å². The Morgan fingerprint density at radius 1 is 1.32 bits per heavy atom. The predicted octanol–water partition coefficient (Wildman–Crippen LogP) is 2.94. The standard InChI is InChI=1S/C19H25N3O3/c1-13(2)15-11-18(25-20-15)19(23)22-10-9-21(3)16(12-22)14-7-5-6-8-17(14)24-4/h5-8,11,13,16H,9-10,12H2,1-4H3. The minimum Gasteiger partial charge on any atom is -0.496 e. The van der Waals surface area contributed by atoms with Crippen molar-refractivity contribution < 1.29 is 14.1 Å². The molecule has 0 radical (unpaired) electrons. The number of carbonyl (C=O) groups is 1. The van der Waals surface area contributed by atoms with Gasteiger partial charge in [-0.3, -0.25) is 9.69 Å². The first-order valence-electron chi connectivity index (χ1n) is 8.60. The van der Waals surface area contributed by atoms with Crippen molar-refractivity contribution in [1.82, 2.24) is 15.0 Å². The predicted molar refractivity (Wildman–Crippen MR) is 94.9 cm³/mol. The summed E-state index contributed by atoms with van der Waals surface area (Å²) in [6.07, 6.45) is 0. The van der Waals surface area contributed by atoms with Crippen LogP contribution in [0.3, 0.4) is 0 Å². The SMILES string of the molecule is COc1ccccc1C1CN(C(=O)c2cc(C(C)C)no2)CCN1C. The molecule has 1 unspecified atom stereocenters. The van der Waals surface area contributed by atoms with E-state index < -0.39 is 0 Å². The summed E-state index contributed by atoms with van der Waals surface area (Å²) in [6.45, 7) is 6.10. The Labute approximate surface area is 148 Å². The number of methoxy groups -OCH3 is 1. The number of hydrogen-bond donors (Lipinski definition) is 0. The fraction of sp³-hybridized carbons (Fsp3) is 0.474. The van der Waals surface area contributed by atoms with Gasteiger partial charge < -0.3 is 14.2 Å². The maximum atomic E-state index is 12.8. The van der Waals surface area contributed by atoms with E-state index in [1.165, 1.54) is 0 Å². The van der Waals surface area contributed by atoms with Gasteiger partial charge in [0.15, 0.2) is 0 Å². The van der Waals surface area contributed by atoms with Gasteiger partial charge in [-0.1, -0.05) is 37.2 Å². The fourth-order valence-corrected chi connectivity index (χ4v) is 3.15. The van der Waals surface area contributed by atoms with E-state index >= 15 is 0 Å². The second-order valence-electron chi connectivity index (χ2n) is 6.76. The highest BCUT2D eigenvalue weighted by Crippen LogP contribution is 2.31. The Bertz CT molecular complexity index is 741. The molecule has 2 aromatic rings. The molecule has 0 N–H and O–H groups in total. The maximum Gasteiger partial charge on any atom is 0.292 e. The second-order valence-corrected chi connectivity index (χ2v) is 6.76. The number of likely N-dealkylation sites (N-methyl/N-ethyl adjacent to an activating group) is 1. The lowest BCUT2D eigenvalue weighted by Gasteiger charge is -2.39. The first kappa shape index (κ1) is 17.5. The van der Waals surface area contributed by atoms with E-state index in [4.69, 9.17) is 9.26 Å². The molecule has 1 aromatic heterocycles. The number of amides is 1. The molecule has 1 aromatic carbocycles. The number of piperazine rings is 1. The van der Waals surface area contributed by atoms with E-state index in [2.05, 4.69) is 23.2 Å². The Balaban J connectivity index is 1.81. The van der Waals surface area contributed by atoms with E-state index in [1.807, 2.05) is 36.9 Å². The molecule has 0 aliphatic carbocycles. The molecule has 1 amide bonds. The third-order valence-electron chi connectivity index (χ3n) is 4.76. The van der Waals surface area contributed by atoms with Crippen LogP contribution in [0.2, 0.25) is 0 Å². The molecule has 134 valence electrons. The smallest absolute Gasteiger partial charge is 0.292 e. The Hall–Kier alpha value is -2.34. The van der Waals surface area contributed by atoms with Gasteiger partial charge in [0.2, 0.25) is 5.76 Å². The highest BCUT2D eigenvalue weighted by Gasteiger charge is 2.32. The third-order valence-corrected chi connectivity index (χ3v) is 4.76. The van der Waals surface area contributed by atoms with Crippen LogP contribution in [0.4, 0.5) is 0 Å². The molecule has 6 heteroatoms. The molecular formula is C19H25N3O3. The number of ether oxygens (including phenoxy) is 1. The minimum atomic E-state index is -0.104. The molecule has 0 spiro atoms. The summed E-state index contributed by atoms with van der Waals surface area (Å²) >= 11 is 0. The molecule has 25 heavy (non-hydrogen) atoms. The van der Waals surface area contributed by atoms with Crippen LogP contribution in [0.5, 0.6) is 5.75 Å². The van der Waals surface area contributed by atoms with Crippen molar-refractivity contribution in [3.8, 4) is 5.75 Å². The van der Waals surface area contributed by atoms with E-state index in [-0.39, 0.29) is 17.9 Å². The number of aromatic nitrogens is 1. The van der Waals surface area contributed by atoms with Gasteiger partial charge in [-0.2, -0.15) is 0 Å². The van der Waals surface area contributed by atoms with Crippen LogP contribution >= 0.6 is 0 Å². The van der Waals surface area contributed by atoms with Crippen LogP contribution in [-0.2, 0) is 0 Å². The Morgan fingerprint density at radius 3 is 2.76 bits per heavy atom. The first-order valence-corrected chi connectivity index (χ1v) is 8.60. The zero-order valence-corrected chi connectivity index (χ0v) is 15.2. The number of benzene rings is 1. The number of nitrogens with zero attached hydrogens (tertiary/aromatic N) is 3. The lowest BCUT2D eigenvalue weighted by atomic mass is 10.0. The van der Waals surface area contributed by atoms with Crippen molar-refractivity contribution in [3.05, 3.63) is 47.3 Å². The lowest BCUT2D eigenvalue weighted by molar-refractivity contribution is 0.0505. The van der Waals surface area contributed by atoms with E-state index in [0.29, 0.717) is 18.8 Å². The van der Waals surface area contributed by atoms with Crippen molar-refractivity contribution in [1.29, 1.82) is 0 Å². The minimum absolute atomic E-state index is 0.0846. The van der Waals surface area contributed by atoms with Crippen molar-refractivity contribution in [2.24, 2.45) is 0 Å². The third kappa shape index (κ3) is 3.54. The summed E-state index contributed by atoms with van der Waals surface area (Å²) in [7, 11) is 3.75. The quantitative estimate of drug-likeness (QED) is 0.854. The van der Waals surface area contributed by atoms with E-state index in [1.54, 1.807) is 13.2 Å². The van der Waals surface area contributed by atoms with Gasteiger partial charge in [-0.15, -0.1) is 0 Å². The van der Waals surface area contributed by atoms with Crippen LogP contribution in [0, 0.1) is 0 Å². The number of para-hydroxylation sites is 1. The molecule has 1 aliphatic rings. The van der Waals surface area contributed by atoms with Crippen molar-refractivity contribution in [2.75, 3.05) is 33.8 Å². The van der Waals surface area contributed by atoms with Crippen molar-refractivity contribution >= 4 is 5.91 Å². The molecular weight excluding hydrogens is 318 g/mol. The average molecular weight is 343 g/mol. The zero-order chi connectivity index (χ0) is 18.0. The molecule has 1 saturated heterocycles. The number of rotatable bonds is 4. The summed E-state index contributed by atoms with van der Waals surface area (Å²) in [5.74, 6) is 1.29. The van der Waals surface area contributed by atoms with Crippen molar-refractivity contribution in [3.63, 3.8) is 0 Å². The fourth-order valence-electron chi connectivity index (χ4n) is 3.15. The summed E-state index contributed by atoms with van der Waals surface area (Å²) in [5, 5.41) is 4.00. The van der Waals surface area contributed by atoms with Gasteiger partial charge in [-0.05, 0) is 19.0 Å². The second kappa shape index (κ2) is 7.27. The largest absolute Gasteiger partial charge is 0.496 e. The molecule has 1 atom stereocenters. The molecule has 0 bridgehead atoms. The van der Waals surface area contributed by atoms with Crippen LogP contribution in [-0.4, -0.2) is 54.7 Å². The zero-order valence-electron chi connectivity index (χ0n) is 15.2.